The minimum absolute atomic E-state index is 0.0658. The lowest BCUT2D eigenvalue weighted by Gasteiger charge is -2.35. The molecule has 1 saturated heterocycles. The zero-order valence-corrected chi connectivity index (χ0v) is 17.7. The van der Waals surface area contributed by atoms with Crippen LogP contribution in [0, 0.1) is 0 Å². The van der Waals surface area contributed by atoms with Crippen molar-refractivity contribution in [1.82, 2.24) is 4.90 Å². The van der Waals surface area contributed by atoms with Crippen molar-refractivity contribution in [3.63, 3.8) is 0 Å². The average molecular weight is 439 g/mol. The standard InChI is InChI=1S/C19H22N2O6S2/c1-13-10-21(11-14(2)27-13)17(22)12-26-19(23)15-5-7-16(8-6-15)20-29(24,25)18-4-3-9-28-18/h3-9,13-14,20H,10-12H2,1-2H3. The summed E-state index contributed by atoms with van der Waals surface area (Å²) >= 11 is 1.11. The molecule has 2 atom stereocenters. The number of nitrogens with zero attached hydrogens (tertiary/aromatic N) is 1. The van der Waals surface area contributed by atoms with Gasteiger partial charge in [-0.25, -0.2) is 13.2 Å². The number of amides is 1. The third kappa shape index (κ3) is 5.55. The number of carbonyl (C=O) groups is 2. The van der Waals surface area contributed by atoms with E-state index in [0.29, 0.717) is 18.8 Å². The van der Waals surface area contributed by atoms with Gasteiger partial charge < -0.3 is 14.4 Å². The molecule has 0 radical (unpaired) electrons. The largest absolute Gasteiger partial charge is 0.452 e. The van der Waals surface area contributed by atoms with E-state index in [0.717, 1.165) is 11.3 Å². The first kappa shape index (κ1) is 21.3. The third-order valence-corrected chi connectivity index (χ3v) is 7.01. The van der Waals surface area contributed by atoms with Crippen LogP contribution in [0.15, 0.2) is 46.0 Å². The van der Waals surface area contributed by atoms with Crippen LogP contribution in [0.3, 0.4) is 0 Å². The summed E-state index contributed by atoms with van der Waals surface area (Å²) in [5.41, 5.74) is 0.544. The van der Waals surface area contributed by atoms with E-state index in [2.05, 4.69) is 4.72 Å². The zero-order valence-electron chi connectivity index (χ0n) is 16.0. The van der Waals surface area contributed by atoms with Crippen molar-refractivity contribution >= 4 is 38.9 Å². The van der Waals surface area contributed by atoms with Crippen LogP contribution in [-0.4, -0.2) is 57.1 Å². The molecule has 1 amide bonds. The summed E-state index contributed by atoms with van der Waals surface area (Å²) in [7, 11) is -3.65. The number of sulfonamides is 1. The van der Waals surface area contributed by atoms with Gasteiger partial charge in [-0.1, -0.05) is 6.07 Å². The van der Waals surface area contributed by atoms with Crippen LogP contribution in [0.1, 0.15) is 24.2 Å². The Bertz CT molecular complexity index is 947. The van der Waals surface area contributed by atoms with Crippen LogP contribution in [0.2, 0.25) is 0 Å². The summed E-state index contributed by atoms with van der Waals surface area (Å²) in [5, 5.41) is 1.67. The van der Waals surface area contributed by atoms with Crippen LogP contribution in [0.4, 0.5) is 5.69 Å². The van der Waals surface area contributed by atoms with E-state index in [-0.39, 0.29) is 34.5 Å². The molecule has 2 aromatic rings. The maximum Gasteiger partial charge on any atom is 0.338 e. The smallest absolute Gasteiger partial charge is 0.338 e. The lowest BCUT2D eigenvalue weighted by Crippen LogP contribution is -2.49. The van der Waals surface area contributed by atoms with E-state index >= 15 is 0 Å². The van der Waals surface area contributed by atoms with Crippen molar-refractivity contribution in [2.75, 3.05) is 24.4 Å². The lowest BCUT2D eigenvalue weighted by molar-refractivity contribution is -0.146. The van der Waals surface area contributed by atoms with Gasteiger partial charge in [0.05, 0.1) is 17.8 Å². The number of nitrogens with one attached hydrogen (secondary N) is 1. The maximum absolute atomic E-state index is 12.3. The van der Waals surface area contributed by atoms with E-state index in [4.69, 9.17) is 9.47 Å². The number of carbonyl (C=O) groups excluding carboxylic acids is 2. The molecule has 1 aliphatic rings. The Morgan fingerprint density at radius 1 is 1.17 bits per heavy atom. The number of anilines is 1. The first-order valence-corrected chi connectivity index (χ1v) is 11.4. The highest BCUT2D eigenvalue weighted by Crippen LogP contribution is 2.20. The summed E-state index contributed by atoms with van der Waals surface area (Å²) in [6.07, 6.45) is -0.132. The summed E-state index contributed by atoms with van der Waals surface area (Å²) in [5.74, 6) is -0.930. The molecule has 1 aromatic carbocycles. The molecule has 0 saturated carbocycles. The predicted molar refractivity (Wildman–Crippen MR) is 108 cm³/mol. The van der Waals surface area contributed by atoms with Crippen LogP contribution in [0.5, 0.6) is 0 Å². The molecular weight excluding hydrogens is 416 g/mol. The highest BCUT2D eigenvalue weighted by molar-refractivity contribution is 7.94. The second kappa shape index (κ2) is 8.93. The van der Waals surface area contributed by atoms with Gasteiger partial charge in [0, 0.05) is 18.8 Å². The van der Waals surface area contributed by atoms with Gasteiger partial charge in [-0.2, -0.15) is 0 Å². The molecule has 3 rings (SSSR count). The fourth-order valence-corrected chi connectivity index (χ4v) is 5.03. The summed E-state index contributed by atoms with van der Waals surface area (Å²) in [6, 6.07) is 8.98. The first-order chi connectivity index (χ1) is 13.7. The van der Waals surface area contributed by atoms with E-state index in [1.54, 1.807) is 16.3 Å². The van der Waals surface area contributed by atoms with Gasteiger partial charge in [0.15, 0.2) is 6.61 Å². The highest BCUT2D eigenvalue weighted by atomic mass is 32.2. The van der Waals surface area contributed by atoms with Gasteiger partial charge in [0.2, 0.25) is 0 Å². The van der Waals surface area contributed by atoms with Crippen molar-refractivity contribution in [3.8, 4) is 0 Å². The minimum atomic E-state index is -3.65. The van der Waals surface area contributed by atoms with Crippen molar-refractivity contribution in [3.05, 3.63) is 47.3 Å². The Morgan fingerprint density at radius 3 is 2.41 bits per heavy atom. The van der Waals surface area contributed by atoms with Gasteiger partial charge >= 0.3 is 5.97 Å². The highest BCUT2D eigenvalue weighted by Gasteiger charge is 2.26. The molecule has 1 fully saturated rings. The van der Waals surface area contributed by atoms with Gasteiger partial charge in [-0.15, -0.1) is 11.3 Å². The number of rotatable bonds is 6. The number of benzene rings is 1. The molecule has 1 aromatic heterocycles. The molecule has 1 N–H and O–H groups in total. The van der Waals surface area contributed by atoms with Crippen LogP contribution in [-0.2, 0) is 24.3 Å². The topological polar surface area (TPSA) is 102 Å². The normalized spacial score (nSPS) is 19.6. The second-order valence-corrected chi connectivity index (χ2v) is 9.60. The number of esters is 1. The minimum Gasteiger partial charge on any atom is -0.452 e. The van der Waals surface area contributed by atoms with Crippen LogP contribution >= 0.6 is 11.3 Å². The number of hydrogen-bond donors (Lipinski definition) is 1. The molecule has 8 nitrogen and oxygen atoms in total. The first-order valence-electron chi connectivity index (χ1n) is 9.01. The Morgan fingerprint density at radius 2 is 1.83 bits per heavy atom. The number of hydrogen-bond acceptors (Lipinski definition) is 7. The summed E-state index contributed by atoms with van der Waals surface area (Å²) in [6.45, 7) is 4.33. The molecule has 0 spiro atoms. The van der Waals surface area contributed by atoms with Crippen molar-refractivity contribution in [2.24, 2.45) is 0 Å². The van der Waals surface area contributed by atoms with Gasteiger partial charge in [0.25, 0.3) is 15.9 Å². The molecule has 1 aliphatic heterocycles. The van der Waals surface area contributed by atoms with E-state index in [9.17, 15) is 18.0 Å². The fourth-order valence-electron chi connectivity index (χ4n) is 2.98. The number of thiophene rings is 1. The predicted octanol–water partition coefficient (Wildman–Crippen LogP) is 2.34. The maximum atomic E-state index is 12.3. The van der Waals surface area contributed by atoms with Gasteiger partial charge in [0.1, 0.15) is 4.21 Å². The Kier molecular flexibility index (Phi) is 6.56. The van der Waals surface area contributed by atoms with E-state index < -0.39 is 16.0 Å². The number of morpholine rings is 1. The lowest BCUT2D eigenvalue weighted by atomic mass is 10.2. The fraction of sp³-hybridized carbons (Fsp3) is 0.368. The third-order valence-electron chi connectivity index (χ3n) is 4.23. The Hall–Kier alpha value is -2.43. The SMILES string of the molecule is CC1CN(C(=O)COC(=O)c2ccc(NS(=O)(=O)c3cccs3)cc2)CC(C)O1. The van der Waals surface area contributed by atoms with Crippen LogP contribution in [0.25, 0.3) is 0 Å². The summed E-state index contributed by atoms with van der Waals surface area (Å²) in [4.78, 5) is 26.1. The Balaban J connectivity index is 1.54. The van der Waals surface area contributed by atoms with Crippen molar-refractivity contribution in [2.45, 2.75) is 30.3 Å². The average Bonchev–Trinajstić information content (AvgIpc) is 3.21. The van der Waals surface area contributed by atoms with Crippen LogP contribution < -0.4 is 4.72 Å². The second-order valence-electron chi connectivity index (χ2n) is 6.75. The monoisotopic (exact) mass is 438 g/mol. The molecule has 156 valence electrons. The van der Waals surface area contributed by atoms with Gasteiger partial charge in [-0.05, 0) is 49.6 Å². The number of ether oxygens (including phenoxy) is 2. The van der Waals surface area contributed by atoms with Crippen molar-refractivity contribution in [1.29, 1.82) is 0 Å². The molecular formula is C19H22N2O6S2. The molecule has 29 heavy (non-hydrogen) atoms. The molecule has 0 aliphatic carbocycles. The van der Waals surface area contributed by atoms with Crippen molar-refractivity contribution < 1.29 is 27.5 Å². The molecule has 0 bridgehead atoms. The quantitative estimate of drug-likeness (QED) is 0.695. The van der Waals surface area contributed by atoms with E-state index in [1.165, 1.54) is 30.3 Å². The molecule has 10 heteroatoms. The molecule has 2 heterocycles. The zero-order chi connectivity index (χ0) is 21.0. The van der Waals surface area contributed by atoms with Gasteiger partial charge in [-0.3, -0.25) is 9.52 Å². The molecule has 2 unspecified atom stereocenters. The Labute approximate surface area is 173 Å². The summed E-state index contributed by atoms with van der Waals surface area (Å²) < 4.78 is 37.8. The van der Waals surface area contributed by atoms with E-state index in [1.807, 2.05) is 13.8 Å².